The van der Waals surface area contributed by atoms with E-state index in [0.717, 1.165) is 72.0 Å². The number of aromatic nitrogens is 6. The molecule has 0 spiro atoms. The molecule has 1 unspecified atom stereocenters. The summed E-state index contributed by atoms with van der Waals surface area (Å²) >= 11 is 0. The minimum absolute atomic E-state index is 0. The summed E-state index contributed by atoms with van der Waals surface area (Å²) in [6, 6.07) is 15.8. The van der Waals surface area contributed by atoms with Crippen molar-refractivity contribution in [3.63, 3.8) is 0 Å². The zero-order valence-electron chi connectivity index (χ0n) is 29.8. The fourth-order valence-electron chi connectivity index (χ4n) is 6.96. The van der Waals surface area contributed by atoms with E-state index < -0.39 is 11.4 Å². The van der Waals surface area contributed by atoms with Crippen LogP contribution in [0.3, 0.4) is 0 Å². The molecule has 0 saturated heterocycles. The number of hydrogen-bond acceptors (Lipinski definition) is 8. The van der Waals surface area contributed by atoms with Gasteiger partial charge in [-0.1, -0.05) is 74.0 Å². The second-order valence-corrected chi connectivity index (χ2v) is 13.2. The first-order chi connectivity index (χ1) is 22.6. The number of H-pyrrole nitrogens is 1. The zero-order chi connectivity index (χ0) is 33.3. The molecule has 2 aromatic carbocycles. The standard InChI is InChI=1S/C36H44N6O5.K.H/c1-6-10-30-29(21-23-13-15-24(16-14-23)27-11-8-9-12-28(27)32-38-35(44)47-40-32)33(43)41(34-37-22(3)39-42(30)34)25-17-19-26(20-18-25)46-31(7-2)36(4,5)45;;/h8-9,11-16,25-26,31,45H,6-7,10,17-21H2,1-5H3,(H,38,40,44);;/q;+1;-1. The molecule has 0 amide bonds. The molecular formula is C36H45KN6O5. The number of aliphatic hydroxyl groups is 1. The Bertz CT molecular complexity index is 1970. The van der Waals surface area contributed by atoms with Crippen LogP contribution in [-0.2, 0) is 17.6 Å². The summed E-state index contributed by atoms with van der Waals surface area (Å²) in [4.78, 5) is 33.5. The van der Waals surface area contributed by atoms with Gasteiger partial charge < -0.3 is 11.3 Å². The van der Waals surface area contributed by atoms with E-state index in [1.807, 2.05) is 71.5 Å². The van der Waals surface area contributed by atoms with E-state index >= 15 is 0 Å². The Hall–Kier alpha value is -2.71. The van der Waals surface area contributed by atoms with E-state index in [-0.39, 0.29) is 76.6 Å². The number of fused-ring (bicyclic) bond motifs is 1. The van der Waals surface area contributed by atoms with Gasteiger partial charge in [-0.3, -0.25) is 18.9 Å². The van der Waals surface area contributed by atoms with Crippen LogP contribution in [0.2, 0.25) is 0 Å². The molecule has 1 aliphatic rings. The largest absolute Gasteiger partial charge is 1.00 e. The molecule has 2 N–H and O–H groups in total. The molecule has 1 fully saturated rings. The van der Waals surface area contributed by atoms with Gasteiger partial charge in [0.25, 0.3) is 5.56 Å². The maximum atomic E-state index is 14.5. The molecule has 0 radical (unpaired) electrons. The Kier molecular flexibility index (Phi) is 11.8. The van der Waals surface area contributed by atoms with Crippen molar-refractivity contribution in [2.24, 2.45) is 0 Å². The molecule has 1 saturated carbocycles. The van der Waals surface area contributed by atoms with Crippen molar-refractivity contribution < 1.29 is 67.2 Å². The van der Waals surface area contributed by atoms with Gasteiger partial charge in [0.1, 0.15) is 5.82 Å². The monoisotopic (exact) mass is 680 g/mol. The van der Waals surface area contributed by atoms with Crippen molar-refractivity contribution in [3.8, 4) is 22.5 Å². The van der Waals surface area contributed by atoms with E-state index in [1.54, 1.807) is 13.8 Å². The number of hydrogen-bond donors (Lipinski definition) is 2. The van der Waals surface area contributed by atoms with Gasteiger partial charge in [-0.25, -0.2) is 9.31 Å². The molecule has 12 heteroatoms. The van der Waals surface area contributed by atoms with Crippen molar-refractivity contribution in [2.45, 2.75) is 110 Å². The summed E-state index contributed by atoms with van der Waals surface area (Å²) in [5, 5.41) is 19.2. The minimum atomic E-state index is -0.906. The van der Waals surface area contributed by atoms with Gasteiger partial charge in [0.15, 0.2) is 5.82 Å². The number of benzene rings is 2. The van der Waals surface area contributed by atoms with Gasteiger partial charge in [-0.2, -0.15) is 10.1 Å². The van der Waals surface area contributed by atoms with Gasteiger partial charge in [0, 0.05) is 23.6 Å². The van der Waals surface area contributed by atoms with Crippen molar-refractivity contribution in [3.05, 3.63) is 92.1 Å². The van der Waals surface area contributed by atoms with E-state index in [2.05, 4.69) is 17.1 Å². The number of ether oxygens (including phenoxy) is 1. The molecule has 5 aromatic rings. The van der Waals surface area contributed by atoms with Crippen molar-refractivity contribution in [1.82, 2.24) is 29.3 Å². The van der Waals surface area contributed by atoms with Crippen LogP contribution >= 0.6 is 0 Å². The first kappa shape index (κ1) is 36.6. The van der Waals surface area contributed by atoms with Crippen LogP contribution in [0.1, 0.15) is 96.3 Å². The molecule has 3 aromatic heterocycles. The van der Waals surface area contributed by atoms with Crippen LogP contribution in [0.15, 0.2) is 62.6 Å². The Morgan fingerprint density at radius 3 is 2.35 bits per heavy atom. The predicted molar refractivity (Wildman–Crippen MR) is 181 cm³/mol. The Balaban J connectivity index is 0.00000270. The molecular weight excluding hydrogens is 636 g/mol. The Labute approximate surface area is 324 Å². The van der Waals surface area contributed by atoms with Gasteiger partial charge in [-0.15, -0.1) is 0 Å². The molecule has 11 nitrogen and oxygen atoms in total. The van der Waals surface area contributed by atoms with Crippen LogP contribution < -0.4 is 62.7 Å². The number of rotatable bonds is 11. The third-order valence-corrected chi connectivity index (χ3v) is 9.27. The number of nitrogens with one attached hydrogen (secondary N) is 1. The van der Waals surface area contributed by atoms with Crippen LogP contribution in [0.25, 0.3) is 28.3 Å². The average Bonchev–Trinajstić information content (AvgIpc) is 3.67. The maximum Gasteiger partial charge on any atom is 1.00 e. The summed E-state index contributed by atoms with van der Waals surface area (Å²) in [5.41, 5.74) is 4.36. The van der Waals surface area contributed by atoms with Gasteiger partial charge in [0.05, 0.1) is 23.5 Å². The van der Waals surface area contributed by atoms with Crippen LogP contribution in [-0.4, -0.2) is 52.2 Å². The smallest absolute Gasteiger partial charge is 1.00 e. The molecule has 1 atom stereocenters. The number of aryl methyl sites for hydroxylation is 2. The molecule has 0 aliphatic heterocycles. The number of aromatic amines is 1. The average molecular weight is 681 g/mol. The molecule has 48 heavy (non-hydrogen) atoms. The second kappa shape index (κ2) is 15.4. The number of nitrogens with zero attached hydrogens (tertiary/aromatic N) is 5. The summed E-state index contributed by atoms with van der Waals surface area (Å²) in [6.45, 7) is 9.60. The molecule has 3 heterocycles. The Morgan fingerprint density at radius 1 is 1.06 bits per heavy atom. The van der Waals surface area contributed by atoms with Crippen molar-refractivity contribution in [1.29, 1.82) is 0 Å². The first-order valence-corrected chi connectivity index (χ1v) is 16.7. The van der Waals surface area contributed by atoms with Crippen LogP contribution in [0.5, 0.6) is 0 Å². The van der Waals surface area contributed by atoms with E-state index in [0.29, 0.717) is 30.3 Å². The van der Waals surface area contributed by atoms with E-state index in [1.165, 1.54) is 0 Å². The van der Waals surface area contributed by atoms with Crippen LogP contribution in [0, 0.1) is 6.92 Å². The summed E-state index contributed by atoms with van der Waals surface area (Å²) in [5.74, 6) is 1.01. The molecule has 1 aliphatic carbocycles. The minimum Gasteiger partial charge on any atom is -1.00 e. The third-order valence-electron chi connectivity index (χ3n) is 9.27. The zero-order valence-corrected chi connectivity index (χ0v) is 31.9. The summed E-state index contributed by atoms with van der Waals surface area (Å²) in [7, 11) is 0. The quantitative estimate of drug-likeness (QED) is 0.203. The van der Waals surface area contributed by atoms with E-state index in [9.17, 15) is 14.7 Å². The fraction of sp³-hybridized carbons (Fsp3) is 0.472. The second-order valence-electron chi connectivity index (χ2n) is 13.2. The van der Waals surface area contributed by atoms with Gasteiger partial charge in [-0.05, 0) is 76.0 Å². The fourth-order valence-corrected chi connectivity index (χ4v) is 6.96. The third kappa shape index (κ3) is 7.70. The van der Waals surface area contributed by atoms with Crippen molar-refractivity contribution in [2.75, 3.05) is 0 Å². The first-order valence-electron chi connectivity index (χ1n) is 16.7. The normalized spacial score (nSPS) is 17.4. The van der Waals surface area contributed by atoms with Crippen LogP contribution in [0.4, 0.5) is 0 Å². The van der Waals surface area contributed by atoms with Gasteiger partial charge >= 0.3 is 57.1 Å². The van der Waals surface area contributed by atoms with Crippen molar-refractivity contribution >= 4 is 5.78 Å². The predicted octanol–water partition coefficient (Wildman–Crippen LogP) is 2.92. The molecule has 250 valence electrons. The van der Waals surface area contributed by atoms with Gasteiger partial charge in [0.2, 0.25) is 5.78 Å². The topological polar surface area (TPSA) is 141 Å². The molecule has 6 rings (SSSR count). The summed E-state index contributed by atoms with van der Waals surface area (Å²) < 4.78 is 14.9. The summed E-state index contributed by atoms with van der Waals surface area (Å²) in [6.07, 6.45) is 5.77. The Morgan fingerprint density at radius 2 is 1.75 bits per heavy atom. The maximum absolute atomic E-state index is 14.5. The SMILES string of the molecule is CCCc1c(Cc2ccc(-c3ccccc3-c3noc(=O)[nH]3)cc2)c(=O)n(C2CCC(OC(CC)C(C)(C)O)CC2)c2nc(C)nn12.[H-].[K+]. The molecule has 0 bridgehead atoms. The van der Waals surface area contributed by atoms with E-state index in [4.69, 9.17) is 19.3 Å².